The van der Waals surface area contributed by atoms with Crippen LogP contribution in [0.1, 0.15) is 37.8 Å². The first kappa shape index (κ1) is 16.9. The first-order valence-electron chi connectivity index (χ1n) is 8.13. The van der Waals surface area contributed by atoms with Crippen LogP contribution < -0.4 is 0 Å². The van der Waals surface area contributed by atoms with E-state index in [2.05, 4.69) is 22.9 Å². The van der Waals surface area contributed by atoms with Gasteiger partial charge in [-0.25, -0.2) is 0 Å². The molecule has 122 valence electrons. The Morgan fingerprint density at radius 1 is 1.32 bits per heavy atom. The molecule has 0 aromatic carbocycles. The number of carbonyl (C=O) groups excluding carboxylic acids is 1. The van der Waals surface area contributed by atoms with E-state index in [1.54, 1.807) is 13.3 Å². The molecule has 0 saturated carbocycles. The summed E-state index contributed by atoms with van der Waals surface area (Å²) in [5.41, 5.74) is 1.24. The van der Waals surface area contributed by atoms with Gasteiger partial charge in [0, 0.05) is 64.8 Å². The van der Waals surface area contributed by atoms with Crippen LogP contribution in [-0.2, 0) is 9.53 Å². The molecule has 1 aliphatic rings. The highest BCUT2D eigenvalue weighted by Crippen LogP contribution is 2.20. The summed E-state index contributed by atoms with van der Waals surface area (Å²) >= 11 is 0. The molecule has 0 bridgehead atoms. The molecule has 0 aliphatic carbocycles. The number of rotatable bonds is 7. The average molecular weight is 305 g/mol. The van der Waals surface area contributed by atoms with Crippen molar-refractivity contribution in [1.82, 2.24) is 14.8 Å². The quantitative estimate of drug-likeness (QED) is 0.724. The van der Waals surface area contributed by atoms with Crippen molar-refractivity contribution in [3.63, 3.8) is 0 Å². The summed E-state index contributed by atoms with van der Waals surface area (Å²) in [6.45, 7) is 6.46. The van der Waals surface area contributed by atoms with E-state index in [1.165, 1.54) is 5.56 Å². The number of aromatic nitrogens is 1. The number of unbranched alkanes of at least 4 members (excludes halogenated alkanes) is 1. The Labute approximate surface area is 133 Å². The molecule has 1 amide bonds. The van der Waals surface area contributed by atoms with Gasteiger partial charge in [0.15, 0.2) is 0 Å². The van der Waals surface area contributed by atoms with E-state index in [4.69, 9.17) is 4.74 Å². The minimum Gasteiger partial charge on any atom is -0.385 e. The Balaban J connectivity index is 1.74. The molecule has 5 heteroatoms. The highest BCUT2D eigenvalue weighted by Gasteiger charge is 2.24. The van der Waals surface area contributed by atoms with Gasteiger partial charge in [0.1, 0.15) is 0 Å². The van der Waals surface area contributed by atoms with Gasteiger partial charge < -0.3 is 9.64 Å². The predicted octanol–water partition coefficient (Wildman–Crippen LogP) is 2.10. The first-order valence-corrected chi connectivity index (χ1v) is 8.13. The fraction of sp³-hybridized carbons (Fsp3) is 0.647. The Morgan fingerprint density at radius 3 is 2.73 bits per heavy atom. The molecule has 0 unspecified atom stereocenters. The zero-order valence-electron chi connectivity index (χ0n) is 13.7. The molecular formula is C17H27N3O2. The number of hydrogen-bond donors (Lipinski definition) is 0. The molecule has 5 nitrogen and oxygen atoms in total. The Hall–Kier alpha value is -1.46. The van der Waals surface area contributed by atoms with Crippen LogP contribution in [0.2, 0.25) is 0 Å². The van der Waals surface area contributed by atoms with Crippen molar-refractivity contribution in [1.29, 1.82) is 0 Å². The van der Waals surface area contributed by atoms with Gasteiger partial charge in [0.25, 0.3) is 0 Å². The number of nitrogens with zero attached hydrogens (tertiary/aromatic N) is 3. The summed E-state index contributed by atoms with van der Waals surface area (Å²) in [7, 11) is 1.70. The maximum atomic E-state index is 12.2. The fourth-order valence-corrected chi connectivity index (χ4v) is 2.87. The summed E-state index contributed by atoms with van der Waals surface area (Å²) in [4.78, 5) is 20.8. The second kappa shape index (κ2) is 8.86. The van der Waals surface area contributed by atoms with Crippen LogP contribution in [0.5, 0.6) is 0 Å². The molecule has 1 aliphatic heterocycles. The van der Waals surface area contributed by atoms with E-state index in [0.29, 0.717) is 12.5 Å². The molecule has 1 saturated heterocycles. The second-order valence-corrected chi connectivity index (χ2v) is 5.83. The van der Waals surface area contributed by atoms with Crippen molar-refractivity contribution in [2.75, 3.05) is 39.9 Å². The van der Waals surface area contributed by atoms with Crippen molar-refractivity contribution < 1.29 is 9.53 Å². The molecule has 2 heterocycles. The van der Waals surface area contributed by atoms with Gasteiger partial charge in [0.05, 0.1) is 0 Å². The van der Waals surface area contributed by atoms with Crippen LogP contribution in [0.4, 0.5) is 0 Å². The van der Waals surface area contributed by atoms with E-state index in [9.17, 15) is 4.79 Å². The highest BCUT2D eigenvalue weighted by molar-refractivity contribution is 5.76. The van der Waals surface area contributed by atoms with Crippen molar-refractivity contribution in [3.8, 4) is 0 Å². The highest BCUT2D eigenvalue weighted by atomic mass is 16.5. The third kappa shape index (κ3) is 4.78. The van der Waals surface area contributed by atoms with Crippen molar-refractivity contribution in [3.05, 3.63) is 30.1 Å². The number of piperazine rings is 1. The monoisotopic (exact) mass is 305 g/mol. The van der Waals surface area contributed by atoms with Crippen LogP contribution in [0.15, 0.2) is 24.5 Å². The standard InChI is InChI=1S/C17H27N3O2/c1-15(16-6-5-8-18-14-16)19-9-11-20(12-10-19)17(21)7-3-4-13-22-2/h5-6,8,14-15H,3-4,7,9-13H2,1-2H3/t15-/m0/s1. The lowest BCUT2D eigenvalue weighted by Crippen LogP contribution is -2.49. The second-order valence-electron chi connectivity index (χ2n) is 5.83. The van der Waals surface area contributed by atoms with E-state index in [1.807, 2.05) is 17.2 Å². The Kier molecular flexibility index (Phi) is 6.80. The zero-order chi connectivity index (χ0) is 15.8. The summed E-state index contributed by atoms with van der Waals surface area (Å²) in [5.74, 6) is 0.282. The van der Waals surface area contributed by atoms with Crippen molar-refractivity contribution in [2.45, 2.75) is 32.2 Å². The van der Waals surface area contributed by atoms with Gasteiger partial charge >= 0.3 is 0 Å². The van der Waals surface area contributed by atoms with Gasteiger partial charge in [-0.1, -0.05) is 6.07 Å². The molecule has 22 heavy (non-hydrogen) atoms. The lowest BCUT2D eigenvalue weighted by atomic mass is 10.1. The van der Waals surface area contributed by atoms with Crippen LogP contribution in [0.3, 0.4) is 0 Å². The Morgan fingerprint density at radius 2 is 2.09 bits per heavy atom. The van der Waals surface area contributed by atoms with Gasteiger partial charge in [-0.05, 0) is 31.4 Å². The minimum atomic E-state index is 0.282. The number of hydrogen-bond acceptors (Lipinski definition) is 4. The van der Waals surface area contributed by atoms with E-state index >= 15 is 0 Å². The summed E-state index contributed by atoms with van der Waals surface area (Å²) in [5, 5.41) is 0. The molecule has 0 spiro atoms. The number of carbonyl (C=O) groups is 1. The van der Waals surface area contributed by atoms with E-state index in [-0.39, 0.29) is 5.91 Å². The third-order valence-corrected chi connectivity index (χ3v) is 4.37. The third-order valence-electron chi connectivity index (χ3n) is 4.37. The molecular weight excluding hydrogens is 278 g/mol. The predicted molar refractivity (Wildman–Crippen MR) is 86.5 cm³/mol. The number of methoxy groups -OCH3 is 1. The molecule has 1 fully saturated rings. The first-order chi connectivity index (χ1) is 10.7. The molecule has 1 aromatic heterocycles. The maximum absolute atomic E-state index is 12.2. The molecule has 0 radical (unpaired) electrons. The number of ether oxygens (including phenoxy) is 1. The fourth-order valence-electron chi connectivity index (χ4n) is 2.87. The van der Waals surface area contributed by atoms with Gasteiger partial charge in [-0.3, -0.25) is 14.7 Å². The zero-order valence-corrected chi connectivity index (χ0v) is 13.7. The minimum absolute atomic E-state index is 0.282. The average Bonchev–Trinajstić information content (AvgIpc) is 2.59. The number of pyridine rings is 1. The summed E-state index contributed by atoms with van der Waals surface area (Å²) in [6.07, 6.45) is 6.25. The van der Waals surface area contributed by atoms with Crippen molar-refractivity contribution >= 4 is 5.91 Å². The summed E-state index contributed by atoms with van der Waals surface area (Å²) < 4.78 is 5.01. The molecule has 1 aromatic rings. The molecule has 1 atom stereocenters. The lowest BCUT2D eigenvalue weighted by Gasteiger charge is -2.38. The Bertz CT molecular complexity index is 444. The molecule has 2 rings (SSSR count). The largest absolute Gasteiger partial charge is 0.385 e. The van der Waals surface area contributed by atoms with E-state index in [0.717, 1.165) is 45.6 Å². The lowest BCUT2D eigenvalue weighted by molar-refractivity contribution is -0.133. The van der Waals surface area contributed by atoms with Crippen LogP contribution in [-0.4, -0.2) is 60.6 Å². The van der Waals surface area contributed by atoms with Crippen molar-refractivity contribution in [2.24, 2.45) is 0 Å². The number of amides is 1. The van der Waals surface area contributed by atoms with Crippen LogP contribution in [0.25, 0.3) is 0 Å². The normalized spacial score (nSPS) is 17.5. The van der Waals surface area contributed by atoms with Crippen LogP contribution in [0, 0.1) is 0 Å². The van der Waals surface area contributed by atoms with Gasteiger partial charge in [-0.15, -0.1) is 0 Å². The van der Waals surface area contributed by atoms with Gasteiger partial charge in [-0.2, -0.15) is 0 Å². The topological polar surface area (TPSA) is 45.7 Å². The van der Waals surface area contributed by atoms with Crippen LogP contribution >= 0.6 is 0 Å². The smallest absolute Gasteiger partial charge is 0.222 e. The summed E-state index contributed by atoms with van der Waals surface area (Å²) in [6, 6.07) is 4.45. The maximum Gasteiger partial charge on any atom is 0.222 e. The van der Waals surface area contributed by atoms with Gasteiger partial charge in [0.2, 0.25) is 5.91 Å². The SMILES string of the molecule is COCCCCC(=O)N1CCN([C@@H](C)c2cccnc2)CC1. The molecule has 0 N–H and O–H groups in total. The van der Waals surface area contributed by atoms with E-state index < -0.39 is 0 Å².